The van der Waals surface area contributed by atoms with Crippen LogP contribution in [0.15, 0.2) is 30.3 Å². The maximum atomic E-state index is 9.82. The minimum atomic E-state index is -0.595. The topological polar surface area (TPSA) is 44.0 Å². The quantitative estimate of drug-likeness (QED) is 0.793. The van der Waals surface area contributed by atoms with Gasteiger partial charge in [-0.2, -0.15) is 5.26 Å². The van der Waals surface area contributed by atoms with Crippen LogP contribution in [-0.4, -0.2) is 11.2 Å². The lowest BCUT2D eigenvalue weighted by molar-refractivity contribution is 0.113. The van der Waals surface area contributed by atoms with E-state index in [0.717, 1.165) is 5.56 Å². The molecule has 0 amide bonds. The molecular weight excluding hydrogens is 174 g/mol. The van der Waals surface area contributed by atoms with Gasteiger partial charge in [0.15, 0.2) is 0 Å². The molecule has 0 saturated heterocycles. The van der Waals surface area contributed by atoms with Crippen molar-refractivity contribution >= 4 is 0 Å². The van der Waals surface area contributed by atoms with Crippen molar-refractivity contribution in [1.29, 1.82) is 5.26 Å². The lowest BCUT2D eigenvalue weighted by Gasteiger charge is -2.20. The van der Waals surface area contributed by atoms with E-state index in [1.807, 2.05) is 44.2 Å². The second-order valence-corrected chi connectivity index (χ2v) is 3.75. The van der Waals surface area contributed by atoms with Crippen LogP contribution in [0.5, 0.6) is 0 Å². The van der Waals surface area contributed by atoms with Gasteiger partial charge in [0.2, 0.25) is 0 Å². The van der Waals surface area contributed by atoms with Gasteiger partial charge in [-0.3, -0.25) is 0 Å². The fourth-order valence-corrected chi connectivity index (χ4v) is 1.39. The molecule has 1 N–H and O–H groups in total. The summed E-state index contributed by atoms with van der Waals surface area (Å²) in [4.78, 5) is 0. The standard InChI is InChI=1S/C12H15NO/c1-9(2)12(14)11(8-13)10-6-4-3-5-7-10/h3-7,9,11-12,14H,1-2H3/t11-,12+/m0/s1. The molecular formula is C12H15NO. The Kier molecular flexibility index (Phi) is 3.67. The summed E-state index contributed by atoms with van der Waals surface area (Å²) < 4.78 is 0. The second-order valence-electron chi connectivity index (χ2n) is 3.75. The van der Waals surface area contributed by atoms with Crippen LogP contribution in [0.2, 0.25) is 0 Å². The first-order valence-electron chi connectivity index (χ1n) is 4.79. The molecule has 0 aliphatic heterocycles. The third-order valence-corrected chi connectivity index (χ3v) is 2.32. The Bertz CT molecular complexity index is 313. The van der Waals surface area contributed by atoms with Gasteiger partial charge in [0, 0.05) is 0 Å². The molecule has 0 aliphatic carbocycles. The van der Waals surface area contributed by atoms with Crippen molar-refractivity contribution < 1.29 is 5.11 Å². The van der Waals surface area contributed by atoms with E-state index in [2.05, 4.69) is 6.07 Å². The fraction of sp³-hybridized carbons (Fsp3) is 0.417. The molecule has 0 fully saturated rings. The van der Waals surface area contributed by atoms with Gasteiger partial charge in [-0.1, -0.05) is 44.2 Å². The van der Waals surface area contributed by atoms with Crippen molar-refractivity contribution in [2.75, 3.05) is 0 Å². The third-order valence-electron chi connectivity index (χ3n) is 2.32. The van der Waals surface area contributed by atoms with E-state index in [9.17, 15) is 5.11 Å². The minimum Gasteiger partial charge on any atom is -0.391 e. The average molecular weight is 189 g/mol. The molecule has 0 heterocycles. The van der Waals surface area contributed by atoms with Crippen molar-refractivity contribution in [3.05, 3.63) is 35.9 Å². The molecule has 0 spiro atoms. The van der Waals surface area contributed by atoms with E-state index in [0.29, 0.717) is 0 Å². The molecule has 0 unspecified atom stereocenters. The number of aliphatic hydroxyl groups is 1. The van der Waals surface area contributed by atoms with Gasteiger partial charge >= 0.3 is 0 Å². The summed E-state index contributed by atoms with van der Waals surface area (Å²) >= 11 is 0. The minimum absolute atomic E-state index is 0.0971. The van der Waals surface area contributed by atoms with Crippen LogP contribution in [0, 0.1) is 17.2 Å². The average Bonchev–Trinajstić information content (AvgIpc) is 2.20. The first-order chi connectivity index (χ1) is 6.66. The number of hydrogen-bond acceptors (Lipinski definition) is 2. The highest BCUT2D eigenvalue weighted by molar-refractivity contribution is 5.26. The predicted octanol–water partition coefficient (Wildman–Crippen LogP) is 2.31. The number of rotatable bonds is 3. The highest BCUT2D eigenvalue weighted by atomic mass is 16.3. The zero-order chi connectivity index (χ0) is 10.6. The van der Waals surface area contributed by atoms with Crippen LogP contribution < -0.4 is 0 Å². The first-order valence-corrected chi connectivity index (χ1v) is 4.79. The summed E-state index contributed by atoms with van der Waals surface area (Å²) in [6.45, 7) is 3.83. The first kappa shape index (κ1) is 10.7. The van der Waals surface area contributed by atoms with Gasteiger partial charge in [-0.25, -0.2) is 0 Å². The van der Waals surface area contributed by atoms with Crippen molar-refractivity contribution in [2.45, 2.75) is 25.9 Å². The van der Waals surface area contributed by atoms with E-state index in [4.69, 9.17) is 5.26 Å². The number of nitrogens with zero attached hydrogens (tertiary/aromatic N) is 1. The van der Waals surface area contributed by atoms with Crippen molar-refractivity contribution in [2.24, 2.45) is 5.92 Å². The molecule has 0 aromatic heterocycles. The second kappa shape index (κ2) is 4.78. The molecule has 2 heteroatoms. The van der Waals surface area contributed by atoms with Gasteiger partial charge in [0.25, 0.3) is 0 Å². The van der Waals surface area contributed by atoms with Crippen LogP contribution in [0.1, 0.15) is 25.3 Å². The Morgan fingerprint density at radius 3 is 2.21 bits per heavy atom. The normalized spacial score (nSPS) is 14.8. The van der Waals surface area contributed by atoms with Gasteiger partial charge in [0.05, 0.1) is 18.1 Å². The summed E-state index contributed by atoms with van der Waals surface area (Å²) in [5, 5.41) is 18.8. The maximum absolute atomic E-state index is 9.82. The maximum Gasteiger partial charge on any atom is 0.0974 e. The lowest BCUT2D eigenvalue weighted by atomic mass is 9.88. The van der Waals surface area contributed by atoms with E-state index in [-0.39, 0.29) is 5.92 Å². The molecule has 0 aliphatic rings. The van der Waals surface area contributed by atoms with E-state index >= 15 is 0 Å². The molecule has 0 radical (unpaired) electrons. The summed E-state index contributed by atoms with van der Waals surface area (Å²) in [7, 11) is 0. The van der Waals surface area contributed by atoms with E-state index < -0.39 is 12.0 Å². The summed E-state index contributed by atoms with van der Waals surface area (Å²) in [6.07, 6.45) is -0.595. The Hall–Kier alpha value is -1.33. The van der Waals surface area contributed by atoms with Crippen LogP contribution in [-0.2, 0) is 0 Å². The van der Waals surface area contributed by atoms with Crippen LogP contribution in [0.25, 0.3) is 0 Å². The van der Waals surface area contributed by atoms with Crippen LogP contribution in [0.4, 0.5) is 0 Å². The highest BCUT2D eigenvalue weighted by Crippen LogP contribution is 2.23. The molecule has 74 valence electrons. The molecule has 1 aromatic rings. The van der Waals surface area contributed by atoms with E-state index in [1.165, 1.54) is 0 Å². The molecule has 0 bridgehead atoms. The predicted molar refractivity (Wildman–Crippen MR) is 55.6 cm³/mol. The van der Waals surface area contributed by atoms with Crippen LogP contribution >= 0.6 is 0 Å². The smallest absolute Gasteiger partial charge is 0.0974 e. The van der Waals surface area contributed by atoms with Crippen molar-refractivity contribution in [3.8, 4) is 6.07 Å². The monoisotopic (exact) mass is 189 g/mol. The fourth-order valence-electron chi connectivity index (χ4n) is 1.39. The molecule has 1 aromatic carbocycles. The zero-order valence-corrected chi connectivity index (χ0v) is 8.51. The number of aliphatic hydroxyl groups excluding tert-OH is 1. The summed E-state index contributed by atoms with van der Waals surface area (Å²) in [5.41, 5.74) is 0.885. The lowest BCUT2D eigenvalue weighted by Crippen LogP contribution is -2.23. The highest BCUT2D eigenvalue weighted by Gasteiger charge is 2.23. The Balaban J connectivity index is 2.89. The summed E-state index contributed by atoms with van der Waals surface area (Å²) in [5.74, 6) is -0.323. The molecule has 14 heavy (non-hydrogen) atoms. The SMILES string of the molecule is CC(C)[C@@H](O)[C@@H](C#N)c1ccccc1. The van der Waals surface area contributed by atoms with Crippen molar-refractivity contribution in [1.82, 2.24) is 0 Å². The molecule has 0 saturated carbocycles. The third kappa shape index (κ3) is 2.34. The van der Waals surface area contributed by atoms with Gasteiger partial charge in [-0.05, 0) is 11.5 Å². The largest absolute Gasteiger partial charge is 0.391 e. The molecule has 1 rings (SSSR count). The zero-order valence-electron chi connectivity index (χ0n) is 8.51. The summed E-state index contributed by atoms with van der Waals surface area (Å²) in [6, 6.07) is 11.6. The number of hydrogen-bond donors (Lipinski definition) is 1. The van der Waals surface area contributed by atoms with E-state index in [1.54, 1.807) is 0 Å². The Morgan fingerprint density at radius 1 is 1.21 bits per heavy atom. The Labute approximate surface area is 84.8 Å². The molecule has 2 nitrogen and oxygen atoms in total. The van der Waals surface area contributed by atoms with Gasteiger partial charge < -0.3 is 5.11 Å². The molecule has 2 atom stereocenters. The van der Waals surface area contributed by atoms with Gasteiger partial charge in [-0.15, -0.1) is 0 Å². The number of benzene rings is 1. The van der Waals surface area contributed by atoms with Crippen molar-refractivity contribution in [3.63, 3.8) is 0 Å². The Morgan fingerprint density at radius 2 is 1.79 bits per heavy atom. The van der Waals surface area contributed by atoms with Gasteiger partial charge in [0.1, 0.15) is 0 Å². The number of nitriles is 1. The van der Waals surface area contributed by atoms with Crippen LogP contribution in [0.3, 0.4) is 0 Å².